The second-order valence-corrected chi connectivity index (χ2v) is 16.4. The minimum absolute atomic E-state index is 0.0164. The Balaban J connectivity index is 0.865. The number of fused-ring (bicyclic) bond motifs is 1. The number of aromatic nitrogens is 2. The SMILES string of the molecule is CC1(C)C(=O)N(c2ccc(C#N)c(C(F)(F)F)c2)C(=S)N1c1ccc(C(=O)CCCCCCN2CCN(C(=O)c3cc(Cc4n[nH]c(=O)c5ccccc45)ccc3F)CC2)c(F)c1. The van der Waals surface area contributed by atoms with Gasteiger partial charge < -0.3 is 9.80 Å². The second kappa shape index (κ2) is 18.1. The van der Waals surface area contributed by atoms with Gasteiger partial charge >= 0.3 is 6.18 Å². The Labute approximate surface area is 364 Å². The van der Waals surface area contributed by atoms with E-state index >= 15 is 4.39 Å². The first-order valence-corrected chi connectivity index (χ1v) is 20.8. The first-order chi connectivity index (χ1) is 30.0. The number of carbonyl (C=O) groups excluding carboxylic acids is 3. The van der Waals surface area contributed by atoms with Crippen molar-refractivity contribution in [3.63, 3.8) is 0 Å². The van der Waals surface area contributed by atoms with E-state index < -0.39 is 46.2 Å². The Bertz CT molecular complexity index is 2720. The number of carbonyl (C=O) groups is 3. The molecule has 326 valence electrons. The molecule has 0 spiro atoms. The molecule has 17 heteroatoms. The van der Waals surface area contributed by atoms with Crippen molar-refractivity contribution < 1.29 is 36.3 Å². The lowest BCUT2D eigenvalue weighted by atomic mass is 10.0. The predicted octanol–water partition coefficient (Wildman–Crippen LogP) is 8.19. The van der Waals surface area contributed by atoms with Crippen LogP contribution < -0.4 is 15.4 Å². The normalized spacial score (nSPS) is 15.6. The molecule has 2 saturated heterocycles. The molecular weight excluding hydrogens is 842 g/mol. The van der Waals surface area contributed by atoms with Gasteiger partial charge in [0.2, 0.25) is 0 Å². The maximum atomic E-state index is 15.5. The molecule has 63 heavy (non-hydrogen) atoms. The van der Waals surface area contributed by atoms with Crippen LogP contribution >= 0.6 is 12.2 Å². The average Bonchev–Trinajstić information content (AvgIpc) is 3.44. The van der Waals surface area contributed by atoms with E-state index in [-0.39, 0.29) is 45.5 Å². The van der Waals surface area contributed by atoms with Crippen LogP contribution in [0.1, 0.15) is 89.1 Å². The van der Waals surface area contributed by atoms with Crippen LogP contribution in [-0.4, -0.2) is 81.0 Å². The number of H-pyrrole nitrogens is 1. The van der Waals surface area contributed by atoms with Crippen molar-refractivity contribution in [2.45, 2.75) is 64.1 Å². The number of amides is 2. The topological polar surface area (TPSA) is 134 Å². The van der Waals surface area contributed by atoms with Gasteiger partial charge in [0.05, 0.1) is 45.1 Å². The van der Waals surface area contributed by atoms with E-state index in [0.717, 1.165) is 42.8 Å². The number of halogens is 5. The number of hydrogen-bond acceptors (Lipinski definition) is 8. The number of piperazine rings is 1. The van der Waals surface area contributed by atoms with Crippen molar-refractivity contribution in [1.29, 1.82) is 5.26 Å². The molecule has 1 aromatic heterocycles. The summed E-state index contributed by atoms with van der Waals surface area (Å²) < 4.78 is 71.6. The van der Waals surface area contributed by atoms with Gasteiger partial charge in [-0.2, -0.15) is 23.5 Å². The summed E-state index contributed by atoms with van der Waals surface area (Å²) in [5, 5.41) is 16.9. The van der Waals surface area contributed by atoms with E-state index in [1.54, 1.807) is 35.2 Å². The van der Waals surface area contributed by atoms with Crippen LogP contribution in [0.5, 0.6) is 0 Å². The Hall–Kier alpha value is -6.38. The number of nitrogens with one attached hydrogen (secondary N) is 1. The zero-order valence-electron chi connectivity index (χ0n) is 34.4. The van der Waals surface area contributed by atoms with E-state index in [1.807, 2.05) is 6.07 Å². The molecular formula is C46H42F5N7O4S. The molecule has 2 amide bonds. The number of benzene rings is 4. The summed E-state index contributed by atoms with van der Waals surface area (Å²) in [6, 6.07) is 19.7. The van der Waals surface area contributed by atoms with E-state index in [4.69, 9.17) is 12.2 Å². The maximum absolute atomic E-state index is 15.5. The molecule has 2 fully saturated rings. The van der Waals surface area contributed by atoms with E-state index in [1.165, 1.54) is 49.1 Å². The van der Waals surface area contributed by atoms with Gasteiger partial charge in [0.25, 0.3) is 17.4 Å². The summed E-state index contributed by atoms with van der Waals surface area (Å²) >= 11 is 5.54. The molecule has 0 saturated carbocycles. The molecule has 0 unspecified atom stereocenters. The monoisotopic (exact) mass is 883 g/mol. The Morgan fingerprint density at radius 3 is 2.24 bits per heavy atom. The molecule has 2 aliphatic rings. The molecule has 7 rings (SSSR count). The molecule has 4 aromatic carbocycles. The largest absolute Gasteiger partial charge is 0.417 e. The molecule has 0 atom stereocenters. The quantitative estimate of drug-likeness (QED) is 0.0538. The van der Waals surface area contributed by atoms with Gasteiger partial charge in [-0.15, -0.1) is 0 Å². The number of Topliss-reactive ketones (excluding diaryl/α,β-unsaturated/α-hetero) is 1. The first-order valence-electron chi connectivity index (χ1n) is 20.4. The van der Waals surface area contributed by atoms with Crippen LogP contribution in [0.25, 0.3) is 10.8 Å². The number of ketones is 1. The lowest BCUT2D eigenvalue weighted by Gasteiger charge is -2.35. The lowest BCUT2D eigenvalue weighted by Crippen LogP contribution is -2.49. The van der Waals surface area contributed by atoms with Gasteiger partial charge in [-0.1, -0.05) is 37.1 Å². The highest BCUT2D eigenvalue weighted by Gasteiger charge is 2.51. The molecule has 5 aromatic rings. The third-order valence-electron chi connectivity index (χ3n) is 11.6. The highest BCUT2D eigenvalue weighted by Crippen LogP contribution is 2.40. The van der Waals surface area contributed by atoms with Crippen molar-refractivity contribution in [3.05, 3.63) is 134 Å². The smallest absolute Gasteiger partial charge is 0.336 e. The van der Waals surface area contributed by atoms with Crippen molar-refractivity contribution >= 4 is 57.1 Å². The molecule has 2 aliphatic heterocycles. The Morgan fingerprint density at radius 1 is 0.841 bits per heavy atom. The molecule has 0 radical (unpaired) electrons. The molecule has 0 bridgehead atoms. The Kier molecular flexibility index (Phi) is 12.9. The summed E-state index contributed by atoms with van der Waals surface area (Å²) in [6.45, 7) is 5.88. The number of thiocarbonyl (C=S) groups is 1. The van der Waals surface area contributed by atoms with Crippen molar-refractivity contribution in [2.75, 3.05) is 42.5 Å². The minimum atomic E-state index is -4.86. The van der Waals surface area contributed by atoms with Crippen LogP contribution in [0.15, 0.2) is 83.7 Å². The fourth-order valence-electron chi connectivity index (χ4n) is 8.13. The summed E-state index contributed by atoms with van der Waals surface area (Å²) in [5.41, 5.74) is -2.48. The van der Waals surface area contributed by atoms with Crippen LogP contribution in [0.2, 0.25) is 0 Å². The fourth-order valence-corrected chi connectivity index (χ4v) is 8.65. The van der Waals surface area contributed by atoms with Crippen molar-refractivity contribution in [1.82, 2.24) is 20.0 Å². The van der Waals surface area contributed by atoms with Gasteiger partial charge in [-0.05, 0) is 106 Å². The Morgan fingerprint density at radius 2 is 1.54 bits per heavy atom. The highest BCUT2D eigenvalue weighted by atomic mass is 32.1. The number of rotatable bonds is 13. The van der Waals surface area contributed by atoms with Crippen LogP contribution in [-0.2, 0) is 17.4 Å². The number of alkyl halides is 3. The molecule has 0 aliphatic carbocycles. The van der Waals surface area contributed by atoms with Gasteiger partial charge in [0.15, 0.2) is 10.9 Å². The van der Waals surface area contributed by atoms with Gasteiger partial charge in [0, 0.05) is 50.1 Å². The van der Waals surface area contributed by atoms with Crippen molar-refractivity contribution in [3.8, 4) is 6.07 Å². The zero-order chi connectivity index (χ0) is 45.2. The second-order valence-electron chi connectivity index (χ2n) is 16.1. The number of anilines is 2. The standard InChI is InChI=1S/C46H42F5N7O4S/c1-45(2)43(62)57(30-14-13-29(27-52)36(25-30)46(49,50)51)44(63)58(45)31-15-16-34(38(48)26-31)40(59)11-5-3-4-8-18-55-19-21-56(22-20-55)42(61)35-23-28(12-17-37(35)47)24-39-32-9-6-7-10-33(32)41(60)54-53-39/h6-7,9-10,12-17,23,25-26H,3-5,8,11,18-22,24H2,1-2H3,(H,54,60). The minimum Gasteiger partial charge on any atom is -0.336 e. The number of aromatic amines is 1. The predicted molar refractivity (Wildman–Crippen MR) is 231 cm³/mol. The number of nitriles is 1. The summed E-state index contributed by atoms with van der Waals surface area (Å²) in [6.07, 6.45) is -1.54. The highest BCUT2D eigenvalue weighted by molar-refractivity contribution is 7.81. The van der Waals surface area contributed by atoms with Crippen LogP contribution in [0, 0.1) is 23.0 Å². The van der Waals surface area contributed by atoms with Gasteiger partial charge in [-0.3, -0.25) is 29.0 Å². The fraction of sp³-hybridized carbons (Fsp3) is 0.326. The summed E-state index contributed by atoms with van der Waals surface area (Å²) in [4.78, 5) is 58.3. The molecule has 3 heterocycles. The zero-order valence-corrected chi connectivity index (χ0v) is 35.2. The van der Waals surface area contributed by atoms with E-state index in [9.17, 15) is 42.0 Å². The van der Waals surface area contributed by atoms with Crippen molar-refractivity contribution in [2.24, 2.45) is 0 Å². The number of unbranched alkanes of at least 4 members (excludes halogenated alkanes) is 3. The third kappa shape index (κ3) is 9.23. The van der Waals surface area contributed by atoms with Gasteiger partial charge in [-0.25, -0.2) is 13.9 Å². The molecule has 11 nitrogen and oxygen atoms in total. The lowest BCUT2D eigenvalue weighted by molar-refractivity contribution is -0.137. The van der Waals surface area contributed by atoms with E-state index in [0.29, 0.717) is 67.1 Å². The molecule has 1 N–H and O–H groups in total. The first kappa shape index (κ1) is 44.7. The number of hydrogen-bond donors (Lipinski definition) is 1. The van der Waals surface area contributed by atoms with Crippen LogP contribution in [0.3, 0.4) is 0 Å². The summed E-state index contributed by atoms with van der Waals surface area (Å²) in [7, 11) is 0. The maximum Gasteiger partial charge on any atom is 0.417 e. The van der Waals surface area contributed by atoms with Crippen LogP contribution in [0.4, 0.5) is 33.3 Å². The number of nitrogens with zero attached hydrogens (tertiary/aromatic N) is 6. The summed E-state index contributed by atoms with van der Waals surface area (Å²) in [5.74, 6) is -2.89. The van der Waals surface area contributed by atoms with Gasteiger partial charge in [0.1, 0.15) is 17.2 Å². The average molecular weight is 884 g/mol. The third-order valence-corrected chi connectivity index (χ3v) is 11.9. The van der Waals surface area contributed by atoms with E-state index in [2.05, 4.69) is 15.1 Å².